The van der Waals surface area contributed by atoms with Crippen LogP contribution in [0.15, 0.2) is 24.3 Å². The Morgan fingerprint density at radius 3 is 2.08 bits per heavy atom. The molecular weight excluding hydrogens is 298 g/mol. The number of hydrogen-bond donors (Lipinski definition) is 1. The molecule has 1 N–H and O–H groups in total. The summed E-state index contributed by atoms with van der Waals surface area (Å²) in [4.78, 5) is 23.8. The number of nitrogens with one attached hydrogen (secondary N) is 1. The van der Waals surface area contributed by atoms with E-state index in [4.69, 9.17) is 0 Å². The fraction of sp³-hybridized carbons (Fsp3) is 0.714. The first-order valence-electron chi connectivity index (χ1n) is 9.02. The second kappa shape index (κ2) is 7.77. The maximum atomic E-state index is 12.1. The molecule has 0 radical (unpaired) electrons. The minimum atomic E-state index is -0.0372. The molecule has 0 spiro atoms. The van der Waals surface area contributed by atoms with Crippen LogP contribution >= 0.6 is 0 Å². The van der Waals surface area contributed by atoms with Gasteiger partial charge in [-0.25, -0.2) is 0 Å². The quantitative estimate of drug-likeness (QED) is 0.666. The maximum absolute atomic E-state index is 12.1. The molecule has 24 heavy (non-hydrogen) atoms. The fourth-order valence-corrected chi connectivity index (χ4v) is 3.83. The van der Waals surface area contributed by atoms with Crippen LogP contribution in [-0.2, 0) is 9.59 Å². The van der Waals surface area contributed by atoms with Gasteiger partial charge >= 0.3 is 0 Å². The van der Waals surface area contributed by atoms with Gasteiger partial charge in [0.15, 0.2) is 11.6 Å². The zero-order valence-electron chi connectivity index (χ0n) is 16.4. The summed E-state index contributed by atoms with van der Waals surface area (Å²) in [6.07, 6.45) is 3.11. The molecule has 1 fully saturated rings. The smallest absolute Gasteiger partial charge is 0.159 e. The normalized spacial score (nSPS) is 29.1. The van der Waals surface area contributed by atoms with E-state index in [0.29, 0.717) is 42.4 Å². The largest absolute Gasteiger partial charge is 0.311 e. The van der Waals surface area contributed by atoms with Crippen LogP contribution in [0.25, 0.3) is 0 Å². The van der Waals surface area contributed by atoms with Crippen molar-refractivity contribution in [2.45, 2.75) is 72.8 Å². The van der Waals surface area contributed by atoms with Gasteiger partial charge in [0, 0.05) is 24.9 Å². The summed E-state index contributed by atoms with van der Waals surface area (Å²) in [6.45, 7) is 20.8. The second-order valence-electron chi connectivity index (χ2n) is 8.65. The summed E-state index contributed by atoms with van der Waals surface area (Å²) >= 11 is 0. The average molecular weight is 334 g/mol. The number of ketones is 2. The van der Waals surface area contributed by atoms with E-state index >= 15 is 0 Å². The lowest BCUT2D eigenvalue weighted by Crippen LogP contribution is -2.59. The van der Waals surface area contributed by atoms with E-state index in [9.17, 15) is 9.59 Å². The highest BCUT2D eigenvalue weighted by Gasteiger charge is 2.48. The molecule has 3 heteroatoms. The minimum absolute atomic E-state index is 0.0372. The monoisotopic (exact) mass is 333 g/mol. The van der Waals surface area contributed by atoms with Crippen LogP contribution in [0.1, 0.15) is 67.2 Å². The van der Waals surface area contributed by atoms with Crippen LogP contribution in [0.4, 0.5) is 0 Å². The summed E-state index contributed by atoms with van der Waals surface area (Å²) in [5.41, 5.74) is 1.30. The molecule has 1 rings (SSSR count). The topological polar surface area (TPSA) is 46.2 Å². The van der Waals surface area contributed by atoms with Gasteiger partial charge in [0.25, 0.3) is 0 Å². The Morgan fingerprint density at radius 1 is 1.04 bits per heavy atom. The Hall–Kier alpha value is -1.22. The third-order valence-electron chi connectivity index (χ3n) is 6.07. The van der Waals surface area contributed by atoms with Crippen molar-refractivity contribution < 1.29 is 9.59 Å². The van der Waals surface area contributed by atoms with E-state index in [0.717, 1.165) is 12.8 Å². The summed E-state index contributed by atoms with van der Waals surface area (Å²) in [6, 6.07) is 0. The first-order chi connectivity index (χ1) is 10.9. The molecule has 3 nitrogen and oxygen atoms in total. The fourth-order valence-electron chi connectivity index (χ4n) is 3.83. The van der Waals surface area contributed by atoms with Crippen molar-refractivity contribution in [3.63, 3.8) is 0 Å². The second-order valence-corrected chi connectivity index (χ2v) is 8.65. The predicted octanol–water partition coefficient (Wildman–Crippen LogP) is 4.48. The molecule has 136 valence electrons. The average Bonchev–Trinajstić information content (AvgIpc) is 2.44. The molecule has 1 aliphatic carbocycles. The summed E-state index contributed by atoms with van der Waals surface area (Å²) in [5.74, 6) is 1.18. The number of hydrogen-bond acceptors (Lipinski definition) is 3. The van der Waals surface area contributed by atoms with Crippen molar-refractivity contribution in [2.75, 3.05) is 6.54 Å². The lowest BCUT2D eigenvalue weighted by molar-refractivity contribution is -0.118. The first kappa shape index (κ1) is 20.8. The minimum Gasteiger partial charge on any atom is -0.311 e. The van der Waals surface area contributed by atoms with Crippen molar-refractivity contribution in [1.29, 1.82) is 0 Å². The molecular formula is C21H35NO2. The molecule has 0 aromatic carbocycles. The van der Waals surface area contributed by atoms with Gasteiger partial charge in [-0.2, -0.15) is 0 Å². The number of carbonyl (C=O) groups excluding carboxylic acids is 2. The lowest BCUT2D eigenvalue weighted by atomic mass is 9.57. The number of allylic oxidation sites excluding steroid dienone is 2. The molecule has 0 aromatic rings. The lowest BCUT2D eigenvalue weighted by Gasteiger charge is -2.54. The Bertz CT molecular complexity index is 532. The van der Waals surface area contributed by atoms with Crippen LogP contribution in [0.2, 0.25) is 0 Å². The molecule has 1 aliphatic rings. The standard InChI is InChI=1S/C21H35NO2/c1-14(2)18(23)9-10-22-21(8)12-16(5)17(13-20(21,6)7)11-19(24)15(3)4/h16-17,22H,1,3,9-13H2,2,4-8H3. The maximum Gasteiger partial charge on any atom is 0.159 e. The summed E-state index contributed by atoms with van der Waals surface area (Å²) in [5, 5.41) is 3.64. The van der Waals surface area contributed by atoms with E-state index < -0.39 is 0 Å². The number of carbonyl (C=O) groups is 2. The van der Waals surface area contributed by atoms with Crippen LogP contribution < -0.4 is 5.32 Å². The SMILES string of the molecule is C=C(C)C(=O)CCNC1(C)CC(C)C(CC(=O)C(=C)C)CC1(C)C. The zero-order chi connectivity index (χ0) is 18.7. The highest BCUT2D eigenvalue weighted by molar-refractivity contribution is 5.94. The van der Waals surface area contributed by atoms with E-state index in [1.807, 2.05) is 0 Å². The third kappa shape index (κ3) is 4.89. The van der Waals surface area contributed by atoms with Crippen LogP contribution in [0.3, 0.4) is 0 Å². The van der Waals surface area contributed by atoms with Gasteiger partial charge in [-0.15, -0.1) is 0 Å². The zero-order valence-corrected chi connectivity index (χ0v) is 16.4. The number of rotatable bonds is 8. The Balaban J connectivity index is 2.74. The highest BCUT2D eigenvalue weighted by Crippen LogP contribution is 2.49. The van der Waals surface area contributed by atoms with Gasteiger partial charge in [0.05, 0.1) is 0 Å². The molecule has 0 aliphatic heterocycles. The van der Waals surface area contributed by atoms with Crippen molar-refractivity contribution in [3.05, 3.63) is 24.3 Å². The van der Waals surface area contributed by atoms with Crippen LogP contribution in [0.5, 0.6) is 0 Å². The van der Waals surface area contributed by atoms with E-state index in [2.05, 4.69) is 46.2 Å². The molecule has 0 aromatic heterocycles. The van der Waals surface area contributed by atoms with Crippen LogP contribution in [0, 0.1) is 17.3 Å². The van der Waals surface area contributed by atoms with Gasteiger partial charge in [-0.1, -0.05) is 33.9 Å². The van der Waals surface area contributed by atoms with Gasteiger partial charge in [-0.3, -0.25) is 9.59 Å². The summed E-state index contributed by atoms with van der Waals surface area (Å²) < 4.78 is 0. The Kier molecular flexibility index (Phi) is 6.75. The molecule has 1 saturated carbocycles. The highest BCUT2D eigenvalue weighted by atomic mass is 16.1. The van der Waals surface area contributed by atoms with Gasteiger partial charge < -0.3 is 5.32 Å². The molecule has 3 unspecified atom stereocenters. The molecule has 0 heterocycles. The van der Waals surface area contributed by atoms with Crippen LogP contribution in [-0.4, -0.2) is 23.7 Å². The summed E-state index contributed by atoms with van der Waals surface area (Å²) in [7, 11) is 0. The third-order valence-corrected chi connectivity index (χ3v) is 6.07. The van der Waals surface area contributed by atoms with Crippen molar-refractivity contribution >= 4 is 11.6 Å². The van der Waals surface area contributed by atoms with Crippen molar-refractivity contribution in [3.8, 4) is 0 Å². The van der Waals surface area contributed by atoms with E-state index in [1.165, 1.54) is 0 Å². The van der Waals surface area contributed by atoms with E-state index in [1.54, 1.807) is 13.8 Å². The van der Waals surface area contributed by atoms with Crippen molar-refractivity contribution in [1.82, 2.24) is 5.32 Å². The van der Waals surface area contributed by atoms with Gasteiger partial charge in [0.1, 0.15) is 0 Å². The predicted molar refractivity (Wildman–Crippen MR) is 101 cm³/mol. The number of Topliss-reactive ketones (excluding diaryl/α,β-unsaturated/α-hetero) is 2. The molecule has 3 atom stereocenters. The van der Waals surface area contributed by atoms with Crippen molar-refractivity contribution in [2.24, 2.45) is 17.3 Å². The van der Waals surface area contributed by atoms with E-state index in [-0.39, 0.29) is 22.5 Å². The molecule has 0 amide bonds. The first-order valence-corrected chi connectivity index (χ1v) is 9.02. The molecule has 0 bridgehead atoms. The van der Waals surface area contributed by atoms with Gasteiger partial charge in [-0.05, 0) is 62.0 Å². The Labute approximate surface area is 148 Å². The van der Waals surface area contributed by atoms with Gasteiger partial charge in [0.2, 0.25) is 0 Å². The molecule has 0 saturated heterocycles. The Morgan fingerprint density at radius 2 is 1.58 bits per heavy atom.